The number of ether oxygens (including phenoxy) is 1. The standard InChI is InChI=1S/C19H19ClN4O4/c1-23-7-8-24(18(27)19(23)4-5-19)14-9-12(15(17(25)26)16(20)22-14)11-3-6-21-10-13(11)28-2/h3,6,9-10H,4-5,7-8H2,1-2H3,(H,25,26). The number of nitrogens with zero attached hydrogens (tertiary/aromatic N) is 4. The van der Waals surface area contributed by atoms with Crippen LogP contribution < -0.4 is 9.64 Å². The van der Waals surface area contributed by atoms with E-state index in [1.165, 1.54) is 19.5 Å². The van der Waals surface area contributed by atoms with Gasteiger partial charge in [0.15, 0.2) is 0 Å². The lowest BCUT2D eigenvalue weighted by molar-refractivity contribution is -0.126. The van der Waals surface area contributed by atoms with Gasteiger partial charge in [-0.15, -0.1) is 0 Å². The molecular formula is C19H19ClN4O4. The zero-order valence-electron chi connectivity index (χ0n) is 15.5. The Kier molecular flexibility index (Phi) is 4.47. The van der Waals surface area contributed by atoms with Crippen LogP contribution in [0.3, 0.4) is 0 Å². The van der Waals surface area contributed by atoms with Crippen LogP contribution in [0.1, 0.15) is 23.2 Å². The van der Waals surface area contributed by atoms with Crippen LogP contribution in [-0.4, -0.2) is 64.6 Å². The second-order valence-corrected chi connectivity index (χ2v) is 7.34. The Labute approximate surface area is 166 Å². The molecule has 0 radical (unpaired) electrons. The van der Waals surface area contributed by atoms with E-state index < -0.39 is 11.5 Å². The molecule has 0 atom stereocenters. The highest BCUT2D eigenvalue weighted by Gasteiger charge is 2.57. The van der Waals surface area contributed by atoms with E-state index in [2.05, 4.69) is 14.9 Å². The molecule has 1 amide bonds. The summed E-state index contributed by atoms with van der Waals surface area (Å²) >= 11 is 6.26. The Morgan fingerprint density at radius 2 is 2.07 bits per heavy atom. The lowest BCUT2D eigenvalue weighted by atomic mass is 10.0. The van der Waals surface area contributed by atoms with Gasteiger partial charge < -0.3 is 9.84 Å². The lowest BCUT2D eigenvalue weighted by Crippen LogP contribution is -2.57. The van der Waals surface area contributed by atoms with E-state index in [0.29, 0.717) is 35.8 Å². The van der Waals surface area contributed by atoms with Gasteiger partial charge in [-0.2, -0.15) is 0 Å². The van der Waals surface area contributed by atoms with Gasteiger partial charge in [0.05, 0.1) is 13.3 Å². The SMILES string of the molecule is COc1cnccc1-c1cc(N2CCN(C)C3(CC3)C2=O)nc(Cl)c1C(=O)O. The number of pyridine rings is 2. The topological polar surface area (TPSA) is 95.9 Å². The monoisotopic (exact) mass is 402 g/mol. The van der Waals surface area contributed by atoms with Gasteiger partial charge >= 0.3 is 5.97 Å². The van der Waals surface area contributed by atoms with Crippen LogP contribution in [0, 0.1) is 0 Å². The first-order valence-corrected chi connectivity index (χ1v) is 9.22. The maximum absolute atomic E-state index is 13.1. The molecule has 8 nitrogen and oxygen atoms in total. The number of carbonyl (C=O) groups is 2. The Hall–Kier alpha value is -2.71. The summed E-state index contributed by atoms with van der Waals surface area (Å²) in [5, 5.41) is 9.51. The molecule has 0 aromatic carbocycles. The molecule has 0 bridgehead atoms. The highest BCUT2D eigenvalue weighted by molar-refractivity contribution is 6.33. The number of anilines is 1. The number of carboxylic acid groups (broad SMARTS) is 1. The molecule has 1 N–H and O–H groups in total. The van der Waals surface area contributed by atoms with Crippen LogP contribution in [0.15, 0.2) is 24.5 Å². The van der Waals surface area contributed by atoms with Gasteiger partial charge in [0, 0.05) is 30.4 Å². The van der Waals surface area contributed by atoms with E-state index in [1.54, 1.807) is 17.0 Å². The Balaban J connectivity index is 1.86. The van der Waals surface area contributed by atoms with E-state index in [9.17, 15) is 14.7 Å². The summed E-state index contributed by atoms with van der Waals surface area (Å²) in [6.45, 7) is 1.17. The summed E-state index contributed by atoms with van der Waals surface area (Å²) in [6, 6.07) is 3.24. The fourth-order valence-electron chi connectivity index (χ4n) is 3.73. The molecule has 4 rings (SSSR count). The summed E-state index contributed by atoms with van der Waals surface area (Å²) in [5.74, 6) is -0.489. The van der Waals surface area contributed by atoms with Gasteiger partial charge in [0.1, 0.15) is 27.8 Å². The van der Waals surface area contributed by atoms with Crippen LogP contribution in [-0.2, 0) is 4.79 Å². The minimum Gasteiger partial charge on any atom is -0.494 e. The normalized spacial score (nSPS) is 18.4. The molecule has 1 aliphatic heterocycles. The quantitative estimate of drug-likeness (QED) is 0.784. The molecule has 3 heterocycles. The number of amides is 1. The summed E-state index contributed by atoms with van der Waals surface area (Å²) in [4.78, 5) is 36.9. The van der Waals surface area contributed by atoms with Crippen molar-refractivity contribution < 1.29 is 19.4 Å². The van der Waals surface area contributed by atoms with Crippen molar-refractivity contribution in [1.82, 2.24) is 14.9 Å². The van der Waals surface area contributed by atoms with Crippen LogP contribution in [0.2, 0.25) is 5.15 Å². The minimum atomic E-state index is -1.21. The van der Waals surface area contributed by atoms with Crippen molar-refractivity contribution >= 4 is 29.3 Å². The third-order valence-electron chi connectivity index (χ3n) is 5.50. The van der Waals surface area contributed by atoms with Crippen molar-refractivity contribution in [3.63, 3.8) is 0 Å². The zero-order chi connectivity index (χ0) is 20.1. The fraction of sp³-hybridized carbons (Fsp3) is 0.368. The molecule has 1 saturated carbocycles. The van der Waals surface area contributed by atoms with Gasteiger partial charge in [-0.25, -0.2) is 9.78 Å². The molecule has 2 aromatic rings. The predicted molar refractivity (Wildman–Crippen MR) is 103 cm³/mol. The summed E-state index contributed by atoms with van der Waals surface area (Å²) < 4.78 is 5.33. The van der Waals surface area contributed by atoms with Crippen LogP contribution in [0.5, 0.6) is 5.75 Å². The predicted octanol–water partition coefficient (Wildman–Crippen LogP) is 2.31. The van der Waals surface area contributed by atoms with E-state index in [0.717, 1.165) is 12.8 Å². The van der Waals surface area contributed by atoms with Gasteiger partial charge in [-0.3, -0.25) is 19.6 Å². The number of halogens is 1. The van der Waals surface area contributed by atoms with E-state index >= 15 is 0 Å². The Bertz CT molecular complexity index is 976. The molecule has 2 aromatic heterocycles. The molecule has 2 fully saturated rings. The maximum Gasteiger partial charge on any atom is 0.339 e. The molecule has 2 aliphatic rings. The number of piperazine rings is 1. The molecule has 1 spiro atoms. The number of methoxy groups -OCH3 is 1. The van der Waals surface area contributed by atoms with Crippen LogP contribution in [0.4, 0.5) is 5.82 Å². The average molecular weight is 403 g/mol. The van der Waals surface area contributed by atoms with Gasteiger partial charge in [-0.1, -0.05) is 11.6 Å². The molecule has 0 unspecified atom stereocenters. The van der Waals surface area contributed by atoms with Gasteiger partial charge in [-0.05, 0) is 32.0 Å². The number of carbonyl (C=O) groups excluding carboxylic acids is 1. The van der Waals surface area contributed by atoms with E-state index in [4.69, 9.17) is 16.3 Å². The molecule has 1 aliphatic carbocycles. The number of hydrogen-bond donors (Lipinski definition) is 1. The fourth-order valence-corrected chi connectivity index (χ4v) is 4.00. The summed E-state index contributed by atoms with van der Waals surface area (Å²) in [6.07, 6.45) is 4.66. The second-order valence-electron chi connectivity index (χ2n) is 6.98. The minimum absolute atomic E-state index is 0.0273. The van der Waals surface area contributed by atoms with Crippen LogP contribution >= 0.6 is 11.6 Å². The number of rotatable bonds is 4. The first-order valence-electron chi connectivity index (χ1n) is 8.84. The molecule has 9 heteroatoms. The molecule has 1 saturated heterocycles. The smallest absolute Gasteiger partial charge is 0.339 e. The first kappa shape index (κ1) is 18.6. The highest BCUT2D eigenvalue weighted by atomic mass is 35.5. The number of hydrogen-bond acceptors (Lipinski definition) is 6. The van der Waals surface area contributed by atoms with Crippen molar-refractivity contribution in [3.8, 4) is 16.9 Å². The molecule has 146 valence electrons. The van der Waals surface area contributed by atoms with Crippen molar-refractivity contribution in [3.05, 3.63) is 35.2 Å². The van der Waals surface area contributed by atoms with Crippen molar-refractivity contribution in [2.75, 3.05) is 32.1 Å². The number of aromatic carboxylic acids is 1. The van der Waals surface area contributed by atoms with Gasteiger partial charge in [0.2, 0.25) is 5.91 Å². The average Bonchev–Trinajstić information content (AvgIpc) is 3.47. The highest BCUT2D eigenvalue weighted by Crippen LogP contribution is 2.45. The van der Waals surface area contributed by atoms with Crippen molar-refractivity contribution in [2.24, 2.45) is 0 Å². The number of carboxylic acids is 1. The van der Waals surface area contributed by atoms with Crippen LogP contribution in [0.25, 0.3) is 11.1 Å². The maximum atomic E-state index is 13.1. The van der Waals surface area contributed by atoms with Crippen molar-refractivity contribution in [2.45, 2.75) is 18.4 Å². The number of aromatic nitrogens is 2. The molecule has 28 heavy (non-hydrogen) atoms. The third kappa shape index (κ3) is 2.80. The largest absolute Gasteiger partial charge is 0.494 e. The zero-order valence-corrected chi connectivity index (χ0v) is 16.2. The Morgan fingerprint density at radius 3 is 2.71 bits per heavy atom. The second kappa shape index (κ2) is 6.72. The number of likely N-dealkylation sites (N-methyl/N-ethyl adjacent to an activating group) is 1. The van der Waals surface area contributed by atoms with E-state index in [-0.39, 0.29) is 16.6 Å². The first-order chi connectivity index (χ1) is 13.4. The third-order valence-corrected chi connectivity index (χ3v) is 5.78. The molecular weight excluding hydrogens is 384 g/mol. The lowest BCUT2D eigenvalue weighted by Gasteiger charge is -2.38. The Morgan fingerprint density at radius 1 is 1.32 bits per heavy atom. The summed E-state index contributed by atoms with van der Waals surface area (Å²) in [7, 11) is 3.43. The van der Waals surface area contributed by atoms with Gasteiger partial charge in [0.25, 0.3) is 0 Å². The van der Waals surface area contributed by atoms with Crippen molar-refractivity contribution in [1.29, 1.82) is 0 Å². The summed E-state index contributed by atoms with van der Waals surface area (Å²) in [5.41, 5.74) is 0.242. The van der Waals surface area contributed by atoms with E-state index in [1.807, 2.05) is 7.05 Å².